The van der Waals surface area contributed by atoms with Crippen LogP contribution < -0.4 is 0 Å². The molecule has 0 saturated carbocycles. The maximum atomic E-state index is 11.4. The van der Waals surface area contributed by atoms with Crippen LogP contribution in [0.5, 0.6) is 0 Å². The summed E-state index contributed by atoms with van der Waals surface area (Å²) in [5, 5.41) is 0. The van der Waals surface area contributed by atoms with Crippen LogP contribution in [0.25, 0.3) is 0 Å². The Morgan fingerprint density at radius 2 is 1.36 bits per heavy atom. The Morgan fingerprint density at radius 1 is 0.864 bits per heavy atom. The van der Waals surface area contributed by atoms with E-state index in [1.165, 1.54) is 44.9 Å². The van der Waals surface area contributed by atoms with Crippen LogP contribution in [0.3, 0.4) is 0 Å². The fraction of sp³-hybridized carbons (Fsp3) is 0.938. The van der Waals surface area contributed by atoms with Crippen molar-refractivity contribution in [2.24, 2.45) is 0 Å². The molecule has 5 nitrogen and oxygen atoms in total. The van der Waals surface area contributed by atoms with E-state index in [0.29, 0.717) is 6.42 Å². The fourth-order valence-corrected chi connectivity index (χ4v) is 2.74. The highest BCUT2D eigenvalue weighted by Gasteiger charge is 2.06. The summed E-state index contributed by atoms with van der Waals surface area (Å²) in [7, 11) is -3.95. The summed E-state index contributed by atoms with van der Waals surface area (Å²) in [6.45, 7) is 2.27. The molecular formula is C16H32O5S. The molecule has 0 spiro atoms. The molecule has 0 saturated heterocycles. The van der Waals surface area contributed by atoms with Crippen molar-refractivity contribution in [3.63, 3.8) is 0 Å². The van der Waals surface area contributed by atoms with Gasteiger partial charge in [0.15, 0.2) is 0 Å². The quantitative estimate of drug-likeness (QED) is 0.276. The lowest BCUT2D eigenvalue weighted by Crippen LogP contribution is -2.10. The van der Waals surface area contributed by atoms with Crippen molar-refractivity contribution in [2.75, 3.05) is 12.4 Å². The number of unbranched alkanes of at least 4 members (excludes halogenated alkanes) is 9. The number of ether oxygens (including phenoxy) is 1. The van der Waals surface area contributed by atoms with Crippen molar-refractivity contribution in [1.29, 1.82) is 0 Å². The standard InChI is InChI=1S/C16H32O5S/c1-2-3-4-5-6-7-8-9-10-11-13-16(17)21-14-12-15-22(18,19)20/h2-15H2,1H3,(H,18,19,20). The molecule has 0 atom stereocenters. The van der Waals surface area contributed by atoms with E-state index in [4.69, 9.17) is 9.29 Å². The first-order chi connectivity index (χ1) is 10.5. The zero-order valence-electron chi connectivity index (χ0n) is 13.9. The lowest BCUT2D eigenvalue weighted by atomic mass is 10.1. The fourth-order valence-electron chi connectivity index (χ4n) is 2.26. The Morgan fingerprint density at radius 3 is 1.86 bits per heavy atom. The molecule has 22 heavy (non-hydrogen) atoms. The topological polar surface area (TPSA) is 80.7 Å². The summed E-state index contributed by atoms with van der Waals surface area (Å²) in [5.74, 6) is -0.645. The zero-order chi connectivity index (χ0) is 16.7. The van der Waals surface area contributed by atoms with Crippen LogP contribution >= 0.6 is 0 Å². The normalized spacial score (nSPS) is 11.5. The Hall–Kier alpha value is -0.620. The van der Waals surface area contributed by atoms with Gasteiger partial charge in [-0.1, -0.05) is 64.7 Å². The molecule has 0 fully saturated rings. The molecular weight excluding hydrogens is 304 g/mol. The van der Waals surface area contributed by atoms with Crippen LogP contribution in [-0.2, 0) is 19.6 Å². The van der Waals surface area contributed by atoms with Gasteiger partial charge in [0.05, 0.1) is 12.4 Å². The molecule has 132 valence electrons. The molecule has 0 aromatic carbocycles. The number of carbonyl (C=O) groups excluding carboxylic acids is 1. The maximum Gasteiger partial charge on any atom is 0.305 e. The van der Waals surface area contributed by atoms with Gasteiger partial charge in [-0.15, -0.1) is 0 Å². The molecule has 0 unspecified atom stereocenters. The van der Waals surface area contributed by atoms with Gasteiger partial charge in [0.2, 0.25) is 0 Å². The summed E-state index contributed by atoms with van der Waals surface area (Å²) < 4.78 is 34.3. The van der Waals surface area contributed by atoms with Crippen molar-refractivity contribution in [1.82, 2.24) is 0 Å². The van der Waals surface area contributed by atoms with Crippen LogP contribution in [-0.4, -0.2) is 31.3 Å². The minimum atomic E-state index is -3.95. The van der Waals surface area contributed by atoms with Gasteiger partial charge in [0.1, 0.15) is 0 Å². The van der Waals surface area contributed by atoms with Crippen LogP contribution in [0.4, 0.5) is 0 Å². The summed E-state index contributed by atoms with van der Waals surface area (Å²) in [4.78, 5) is 11.4. The molecule has 0 amide bonds. The molecule has 0 rings (SSSR count). The van der Waals surface area contributed by atoms with Gasteiger partial charge in [-0.05, 0) is 12.8 Å². The Labute approximate surface area is 135 Å². The van der Waals surface area contributed by atoms with Crippen molar-refractivity contribution in [3.05, 3.63) is 0 Å². The number of hydrogen-bond donors (Lipinski definition) is 1. The molecule has 6 heteroatoms. The molecule has 0 heterocycles. The maximum absolute atomic E-state index is 11.4. The molecule has 0 aromatic heterocycles. The smallest absolute Gasteiger partial charge is 0.305 e. The molecule has 0 aliphatic rings. The average molecular weight is 336 g/mol. The molecule has 0 aliphatic heterocycles. The van der Waals surface area contributed by atoms with Crippen molar-refractivity contribution < 1.29 is 22.5 Å². The minimum absolute atomic E-state index is 0.0520. The second kappa shape index (κ2) is 14.0. The van der Waals surface area contributed by atoms with E-state index in [1.807, 2.05) is 0 Å². The lowest BCUT2D eigenvalue weighted by Gasteiger charge is -2.04. The van der Waals surface area contributed by atoms with E-state index in [1.54, 1.807) is 0 Å². The predicted molar refractivity (Wildman–Crippen MR) is 88.5 cm³/mol. The third-order valence-corrected chi connectivity index (χ3v) is 4.35. The van der Waals surface area contributed by atoms with Crippen LogP contribution in [0, 0.1) is 0 Å². The van der Waals surface area contributed by atoms with E-state index in [-0.39, 0.29) is 24.7 Å². The summed E-state index contributed by atoms with van der Waals surface area (Å²) in [5.41, 5.74) is 0. The van der Waals surface area contributed by atoms with Crippen molar-refractivity contribution in [2.45, 2.75) is 84.0 Å². The second-order valence-electron chi connectivity index (χ2n) is 5.79. The molecule has 0 bridgehead atoms. The highest BCUT2D eigenvalue weighted by Crippen LogP contribution is 2.11. The number of esters is 1. The average Bonchev–Trinajstić information content (AvgIpc) is 2.44. The third-order valence-electron chi connectivity index (χ3n) is 3.54. The van der Waals surface area contributed by atoms with Gasteiger partial charge in [-0.3, -0.25) is 9.35 Å². The summed E-state index contributed by atoms with van der Waals surface area (Å²) in [6, 6.07) is 0. The lowest BCUT2D eigenvalue weighted by molar-refractivity contribution is -0.143. The molecule has 1 N–H and O–H groups in total. The van der Waals surface area contributed by atoms with Crippen molar-refractivity contribution in [3.8, 4) is 0 Å². The monoisotopic (exact) mass is 336 g/mol. The first-order valence-corrected chi connectivity index (χ1v) is 10.2. The number of carbonyl (C=O) groups is 1. The van der Waals surface area contributed by atoms with Gasteiger partial charge in [0, 0.05) is 6.42 Å². The van der Waals surface area contributed by atoms with E-state index in [2.05, 4.69) is 6.92 Å². The first-order valence-electron chi connectivity index (χ1n) is 8.56. The number of hydrogen-bond acceptors (Lipinski definition) is 4. The first kappa shape index (κ1) is 21.4. The van der Waals surface area contributed by atoms with E-state index >= 15 is 0 Å². The van der Waals surface area contributed by atoms with Gasteiger partial charge in [-0.25, -0.2) is 0 Å². The predicted octanol–water partition coefficient (Wildman–Crippen LogP) is 4.12. The Balaban J connectivity index is 3.25. The Kier molecular flexibility index (Phi) is 13.6. The highest BCUT2D eigenvalue weighted by atomic mass is 32.2. The van der Waals surface area contributed by atoms with Gasteiger partial charge < -0.3 is 4.74 Å². The van der Waals surface area contributed by atoms with Crippen LogP contribution in [0.15, 0.2) is 0 Å². The van der Waals surface area contributed by atoms with E-state index in [0.717, 1.165) is 19.3 Å². The summed E-state index contributed by atoms with van der Waals surface area (Å²) in [6.07, 6.45) is 12.7. The largest absolute Gasteiger partial charge is 0.466 e. The van der Waals surface area contributed by atoms with Gasteiger partial charge in [0.25, 0.3) is 10.1 Å². The highest BCUT2D eigenvalue weighted by molar-refractivity contribution is 7.85. The van der Waals surface area contributed by atoms with Crippen LogP contribution in [0.2, 0.25) is 0 Å². The minimum Gasteiger partial charge on any atom is -0.466 e. The van der Waals surface area contributed by atoms with Crippen LogP contribution in [0.1, 0.15) is 84.0 Å². The molecule has 0 aliphatic carbocycles. The third kappa shape index (κ3) is 17.4. The van der Waals surface area contributed by atoms with Crippen molar-refractivity contribution >= 4 is 16.1 Å². The number of rotatable bonds is 15. The zero-order valence-corrected chi connectivity index (χ0v) is 14.7. The SMILES string of the molecule is CCCCCCCCCCCCC(=O)OCCCS(=O)(=O)O. The molecule has 0 aromatic rings. The van der Waals surface area contributed by atoms with Gasteiger partial charge >= 0.3 is 5.97 Å². The second-order valence-corrected chi connectivity index (χ2v) is 7.36. The van der Waals surface area contributed by atoms with Gasteiger partial charge in [-0.2, -0.15) is 8.42 Å². The van der Waals surface area contributed by atoms with E-state index < -0.39 is 10.1 Å². The Bertz CT molecular complexity index is 365. The molecule has 0 radical (unpaired) electrons. The summed E-state index contributed by atoms with van der Waals surface area (Å²) >= 11 is 0. The van der Waals surface area contributed by atoms with E-state index in [9.17, 15) is 13.2 Å².